The molecular formula is C19H22N2. The predicted molar refractivity (Wildman–Crippen MR) is 87.7 cm³/mol. The smallest absolute Gasteiger partial charge is 0.0372 e. The quantitative estimate of drug-likeness (QED) is 0.895. The molecule has 0 aromatic heterocycles. The van der Waals surface area contributed by atoms with Gasteiger partial charge in [0.2, 0.25) is 0 Å². The van der Waals surface area contributed by atoms with Crippen LogP contribution in [0.1, 0.15) is 23.5 Å². The lowest BCUT2D eigenvalue weighted by Gasteiger charge is -2.26. The van der Waals surface area contributed by atoms with Crippen molar-refractivity contribution < 1.29 is 0 Å². The summed E-state index contributed by atoms with van der Waals surface area (Å²) in [5, 5.41) is 7.33. The van der Waals surface area contributed by atoms with Crippen LogP contribution in [0.5, 0.6) is 0 Å². The van der Waals surface area contributed by atoms with Gasteiger partial charge in [0.15, 0.2) is 0 Å². The molecule has 3 unspecified atom stereocenters. The minimum absolute atomic E-state index is 0.685. The number of para-hydroxylation sites is 1. The van der Waals surface area contributed by atoms with Gasteiger partial charge in [0.05, 0.1) is 0 Å². The zero-order valence-corrected chi connectivity index (χ0v) is 12.3. The summed E-state index contributed by atoms with van der Waals surface area (Å²) in [5.74, 6) is 1.44. The van der Waals surface area contributed by atoms with E-state index in [-0.39, 0.29) is 0 Å². The fourth-order valence-electron chi connectivity index (χ4n) is 3.46. The molecule has 2 heteroatoms. The number of nitrogens with one attached hydrogen (secondary N) is 2. The molecule has 2 N–H and O–H groups in total. The van der Waals surface area contributed by atoms with Crippen LogP contribution in [0, 0.1) is 5.92 Å². The van der Waals surface area contributed by atoms with E-state index in [1.165, 1.54) is 29.7 Å². The van der Waals surface area contributed by atoms with Crippen LogP contribution in [-0.4, -0.2) is 19.1 Å². The highest BCUT2D eigenvalue weighted by atomic mass is 15.0. The molecule has 0 saturated heterocycles. The lowest BCUT2D eigenvalue weighted by atomic mass is 9.94. The second-order valence-electron chi connectivity index (χ2n) is 6.38. The molecular weight excluding hydrogens is 256 g/mol. The average molecular weight is 278 g/mol. The van der Waals surface area contributed by atoms with Gasteiger partial charge >= 0.3 is 0 Å². The van der Waals surface area contributed by atoms with Gasteiger partial charge in [0, 0.05) is 30.7 Å². The molecule has 21 heavy (non-hydrogen) atoms. The lowest BCUT2D eigenvalue weighted by Crippen LogP contribution is -2.33. The topological polar surface area (TPSA) is 24.1 Å². The largest absolute Gasteiger partial charge is 0.384 e. The van der Waals surface area contributed by atoms with Gasteiger partial charge in [-0.05, 0) is 36.0 Å². The summed E-state index contributed by atoms with van der Waals surface area (Å²) in [4.78, 5) is 0. The van der Waals surface area contributed by atoms with Crippen LogP contribution in [0.4, 0.5) is 5.69 Å². The first-order chi connectivity index (χ1) is 10.4. The molecule has 2 nitrogen and oxygen atoms in total. The Morgan fingerprint density at radius 1 is 1.00 bits per heavy atom. The van der Waals surface area contributed by atoms with E-state index in [4.69, 9.17) is 0 Å². The molecule has 0 amide bonds. The van der Waals surface area contributed by atoms with E-state index in [0.29, 0.717) is 12.0 Å². The number of rotatable bonds is 4. The fraction of sp³-hybridized carbons (Fsp3) is 0.368. The third-order valence-corrected chi connectivity index (χ3v) is 4.79. The molecule has 1 fully saturated rings. The maximum Gasteiger partial charge on any atom is 0.0372 e. The Morgan fingerprint density at radius 2 is 1.81 bits per heavy atom. The zero-order chi connectivity index (χ0) is 14.1. The molecule has 1 heterocycles. The van der Waals surface area contributed by atoms with E-state index in [1.54, 1.807) is 0 Å². The molecule has 1 aliphatic heterocycles. The summed E-state index contributed by atoms with van der Waals surface area (Å²) in [6, 6.07) is 20.3. The summed E-state index contributed by atoms with van der Waals surface area (Å²) in [6.45, 7) is 2.21. The second kappa shape index (κ2) is 5.53. The number of hydrogen-bond acceptors (Lipinski definition) is 2. The predicted octanol–water partition coefficient (Wildman–Crippen LogP) is 3.42. The third-order valence-electron chi connectivity index (χ3n) is 4.79. The minimum Gasteiger partial charge on any atom is -0.384 e. The van der Waals surface area contributed by atoms with Gasteiger partial charge in [0.25, 0.3) is 0 Å². The molecule has 4 rings (SSSR count). The summed E-state index contributed by atoms with van der Waals surface area (Å²) >= 11 is 0. The van der Waals surface area contributed by atoms with Crippen molar-refractivity contribution in [1.82, 2.24) is 5.32 Å². The molecule has 3 atom stereocenters. The Kier molecular flexibility index (Phi) is 3.40. The third kappa shape index (κ3) is 2.81. The van der Waals surface area contributed by atoms with Gasteiger partial charge in [-0.1, -0.05) is 48.5 Å². The molecule has 1 saturated carbocycles. The summed E-state index contributed by atoms with van der Waals surface area (Å²) in [7, 11) is 0. The Balaban J connectivity index is 1.30. The highest BCUT2D eigenvalue weighted by Crippen LogP contribution is 2.40. The maximum atomic E-state index is 3.77. The van der Waals surface area contributed by atoms with E-state index in [2.05, 4.69) is 65.2 Å². The van der Waals surface area contributed by atoms with E-state index < -0.39 is 0 Å². The normalized spacial score (nSPS) is 26.8. The van der Waals surface area contributed by atoms with Crippen LogP contribution in [0.15, 0.2) is 54.6 Å². The van der Waals surface area contributed by atoms with Crippen molar-refractivity contribution in [3.05, 3.63) is 65.7 Å². The summed E-state index contributed by atoms with van der Waals surface area (Å²) in [6.07, 6.45) is 2.49. The van der Waals surface area contributed by atoms with Crippen molar-refractivity contribution in [1.29, 1.82) is 0 Å². The van der Waals surface area contributed by atoms with E-state index in [0.717, 1.165) is 19.0 Å². The Labute approximate surface area is 126 Å². The molecule has 2 aromatic carbocycles. The Hall–Kier alpha value is -1.80. The summed E-state index contributed by atoms with van der Waals surface area (Å²) in [5.41, 5.74) is 4.27. The maximum absolute atomic E-state index is 3.77. The molecule has 2 aromatic rings. The van der Waals surface area contributed by atoms with Crippen molar-refractivity contribution >= 4 is 5.69 Å². The van der Waals surface area contributed by atoms with Gasteiger partial charge in [-0.25, -0.2) is 0 Å². The SMILES string of the molecule is c1ccc(C2CC2NCC2CNc3ccccc3C2)cc1. The number of anilines is 1. The highest BCUT2D eigenvalue weighted by Gasteiger charge is 2.38. The van der Waals surface area contributed by atoms with Crippen LogP contribution in [0.2, 0.25) is 0 Å². The van der Waals surface area contributed by atoms with E-state index in [1.807, 2.05) is 0 Å². The Morgan fingerprint density at radius 3 is 2.71 bits per heavy atom. The van der Waals surface area contributed by atoms with Gasteiger partial charge in [0.1, 0.15) is 0 Å². The van der Waals surface area contributed by atoms with Crippen LogP contribution in [0.3, 0.4) is 0 Å². The van der Waals surface area contributed by atoms with Gasteiger partial charge in [-0.3, -0.25) is 0 Å². The highest BCUT2D eigenvalue weighted by molar-refractivity contribution is 5.53. The first-order valence-electron chi connectivity index (χ1n) is 8.00. The van der Waals surface area contributed by atoms with Crippen molar-refractivity contribution in [3.8, 4) is 0 Å². The number of hydrogen-bond donors (Lipinski definition) is 2. The van der Waals surface area contributed by atoms with E-state index in [9.17, 15) is 0 Å². The first-order valence-corrected chi connectivity index (χ1v) is 8.00. The van der Waals surface area contributed by atoms with Gasteiger partial charge in [-0.2, -0.15) is 0 Å². The fourth-order valence-corrected chi connectivity index (χ4v) is 3.46. The van der Waals surface area contributed by atoms with Crippen molar-refractivity contribution in [3.63, 3.8) is 0 Å². The van der Waals surface area contributed by atoms with E-state index >= 15 is 0 Å². The van der Waals surface area contributed by atoms with Gasteiger partial charge < -0.3 is 10.6 Å². The lowest BCUT2D eigenvalue weighted by molar-refractivity contribution is 0.479. The average Bonchev–Trinajstić information content (AvgIpc) is 3.33. The molecule has 2 aliphatic rings. The van der Waals surface area contributed by atoms with Crippen LogP contribution in [-0.2, 0) is 6.42 Å². The Bertz CT molecular complexity index is 608. The number of fused-ring (bicyclic) bond motifs is 1. The standard InChI is InChI=1S/C19H22N2/c1-2-6-15(7-3-1)17-11-19(17)21-13-14-10-16-8-4-5-9-18(16)20-12-14/h1-9,14,17,19-21H,10-13H2. The molecule has 0 radical (unpaired) electrons. The molecule has 0 spiro atoms. The summed E-state index contributed by atoms with van der Waals surface area (Å²) < 4.78 is 0. The zero-order valence-electron chi connectivity index (χ0n) is 12.3. The first kappa shape index (κ1) is 12.9. The van der Waals surface area contributed by atoms with Crippen molar-refractivity contribution in [2.75, 3.05) is 18.4 Å². The van der Waals surface area contributed by atoms with Gasteiger partial charge in [-0.15, -0.1) is 0 Å². The second-order valence-corrected chi connectivity index (χ2v) is 6.38. The van der Waals surface area contributed by atoms with Crippen LogP contribution >= 0.6 is 0 Å². The number of benzene rings is 2. The van der Waals surface area contributed by atoms with Crippen molar-refractivity contribution in [2.24, 2.45) is 5.92 Å². The van der Waals surface area contributed by atoms with Crippen LogP contribution in [0.25, 0.3) is 0 Å². The van der Waals surface area contributed by atoms with Crippen LogP contribution < -0.4 is 10.6 Å². The molecule has 0 bridgehead atoms. The molecule has 1 aliphatic carbocycles. The molecule has 108 valence electrons. The minimum atomic E-state index is 0.685. The van der Waals surface area contributed by atoms with Crippen molar-refractivity contribution in [2.45, 2.75) is 24.8 Å². The monoisotopic (exact) mass is 278 g/mol.